The fourth-order valence-corrected chi connectivity index (χ4v) is 4.89. The number of carbonyl (C=O) groups excluding carboxylic acids is 1. The zero-order chi connectivity index (χ0) is 24.1. The number of carbonyl (C=O) groups is 1. The van der Waals surface area contributed by atoms with Crippen molar-refractivity contribution in [3.63, 3.8) is 0 Å². The fourth-order valence-electron chi connectivity index (χ4n) is 4.70. The van der Waals surface area contributed by atoms with Crippen LogP contribution in [0.2, 0.25) is 5.02 Å². The number of ether oxygens (including phenoxy) is 1. The minimum Gasteiger partial charge on any atom is -0.504 e. The Hall–Kier alpha value is -3.77. The van der Waals surface area contributed by atoms with Crippen LogP contribution >= 0.6 is 11.6 Å². The highest BCUT2D eigenvalue weighted by Gasteiger charge is 2.43. The SMILES string of the molecule is COc1cc(C2c3c(oc4cc(C)cc(C)c4c3=O)C(=O)N2Cc2ccccc2Cl)ccc1O. The van der Waals surface area contributed by atoms with Gasteiger partial charge in [-0.25, -0.2) is 0 Å². The Bertz CT molecular complexity index is 1520. The highest BCUT2D eigenvalue weighted by atomic mass is 35.5. The molecule has 1 unspecified atom stereocenters. The summed E-state index contributed by atoms with van der Waals surface area (Å²) in [5, 5.41) is 11.1. The van der Waals surface area contributed by atoms with Crippen LogP contribution in [0.3, 0.4) is 0 Å². The number of rotatable bonds is 4. The van der Waals surface area contributed by atoms with Gasteiger partial charge in [-0.2, -0.15) is 0 Å². The van der Waals surface area contributed by atoms with E-state index in [0.29, 0.717) is 21.6 Å². The number of phenolic OH excluding ortho intramolecular Hbond substituents is 1. The number of hydrogen-bond acceptors (Lipinski definition) is 5. The summed E-state index contributed by atoms with van der Waals surface area (Å²) in [7, 11) is 1.45. The van der Waals surface area contributed by atoms with E-state index in [-0.39, 0.29) is 34.8 Å². The second-order valence-corrected chi connectivity index (χ2v) is 8.89. The topological polar surface area (TPSA) is 80.0 Å². The Balaban J connectivity index is 1.78. The van der Waals surface area contributed by atoms with Crippen LogP contribution in [-0.2, 0) is 6.54 Å². The molecular formula is C27H22ClNO5. The maximum atomic E-state index is 13.8. The molecular weight excluding hydrogens is 454 g/mol. The number of benzene rings is 3. The van der Waals surface area contributed by atoms with Crippen molar-refractivity contribution in [3.8, 4) is 11.5 Å². The van der Waals surface area contributed by atoms with Crippen molar-refractivity contribution in [1.29, 1.82) is 0 Å². The molecule has 34 heavy (non-hydrogen) atoms. The van der Waals surface area contributed by atoms with Gasteiger partial charge in [-0.1, -0.05) is 41.9 Å². The molecule has 0 spiro atoms. The summed E-state index contributed by atoms with van der Waals surface area (Å²) in [5.41, 5.74) is 3.48. The summed E-state index contributed by atoms with van der Waals surface area (Å²) in [6.07, 6.45) is 0. The number of aryl methyl sites for hydroxylation is 2. The van der Waals surface area contributed by atoms with E-state index < -0.39 is 11.9 Å². The molecule has 1 atom stereocenters. The molecule has 1 aliphatic heterocycles. The minimum atomic E-state index is -0.741. The van der Waals surface area contributed by atoms with Gasteiger partial charge in [0.05, 0.1) is 24.1 Å². The summed E-state index contributed by atoms with van der Waals surface area (Å²) in [5.74, 6) is -0.171. The second-order valence-electron chi connectivity index (χ2n) is 8.49. The van der Waals surface area contributed by atoms with Gasteiger partial charge >= 0.3 is 0 Å². The first-order valence-electron chi connectivity index (χ1n) is 10.8. The van der Waals surface area contributed by atoms with E-state index in [1.54, 1.807) is 29.2 Å². The van der Waals surface area contributed by atoms with E-state index in [0.717, 1.165) is 16.7 Å². The summed E-state index contributed by atoms with van der Waals surface area (Å²) >= 11 is 6.40. The molecule has 2 heterocycles. The molecule has 1 N–H and O–H groups in total. The molecule has 3 aromatic carbocycles. The highest BCUT2D eigenvalue weighted by Crippen LogP contribution is 2.42. The highest BCUT2D eigenvalue weighted by molar-refractivity contribution is 6.31. The molecule has 5 rings (SSSR count). The van der Waals surface area contributed by atoms with E-state index in [1.807, 2.05) is 38.1 Å². The number of amides is 1. The van der Waals surface area contributed by atoms with Gasteiger partial charge < -0.3 is 19.2 Å². The summed E-state index contributed by atoms with van der Waals surface area (Å²) in [6.45, 7) is 3.94. The Morgan fingerprint density at radius 2 is 1.85 bits per heavy atom. The smallest absolute Gasteiger partial charge is 0.291 e. The van der Waals surface area contributed by atoms with Gasteiger partial charge in [-0.15, -0.1) is 0 Å². The van der Waals surface area contributed by atoms with Crippen molar-refractivity contribution in [2.24, 2.45) is 0 Å². The van der Waals surface area contributed by atoms with Gasteiger partial charge in [0.25, 0.3) is 5.91 Å². The molecule has 0 saturated carbocycles. The number of nitrogens with zero attached hydrogens (tertiary/aromatic N) is 1. The molecule has 7 heteroatoms. The molecule has 1 aliphatic rings. The third-order valence-corrected chi connectivity index (χ3v) is 6.60. The van der Waals surface area contributed by atoms with Gasteiger partial charge in [-0.3, -0.25) is 9.59 Å². The normalized spacial score (nSPS) is 15.1. The molecule has 4 aromatic rings. The van der Waals surface area contributed by atoms with Crippen LogP contribution in [0.25, 0.3) is 11.0 Å². The molecule has 6 nitrogen and oxygen atoms in total. The Morgan fingerprint density at radius 3 is 2.59 bits per heavy atom. The maximum Gasteiger partial charge on any atom is 0.291 e. The predicted molar refractivity (Wildman–Crippen MR) is 130 cm³/mol. The lowest BCUT2D eigenvalue weighted by atomic mass is 9.96. The molecule has 0 fully saturated rings. The van der Waals surface area contributed by atoms with E-state index in [4.69, 9.17) is 20.8 Å². The summed E-state index contributed by atoms with van der Waals surface area (Å²) in [4.78, 5) is 29.0. The second kappa shape index (κ2) is 8.22. The van der Waals surface area contributed by atoms with Crippen molar-refractivity contribution in [2.45, 2.75) is 26.4 Å². The van der Waals surface area contributed by atoms with Crippen LogP contribution in [0.15, 0.2) is 63.8 Å². The molecule has 0 radical (unpaired) electrons. The number of halogens is 1. The average Bonchev–Trinajstić information content (AvgIpc) is 3.07. The van der Waals surface area contributed by atoms with Crippen LogP contribution in [-0.4, -0.2) is 23.0 Å². The van der Waals surface area contributed by atoms with Crippen LogP contribution in [0.1, 0.15) is 44.4 Å². The molecule has 172 valence electrons. The first-order valence-corrected chi connectivity index (χ1v) is 11.2. The average molecular weight is 476 g/mol. The molecule has 1 amide bonds. The molecule has 0 bridgehead atoms. The van der Waals surface area contributed by atoms with Crippen molar-refractivity contribution < 1.29 is 19.1 Å². The molecule has 0 saturated heterocycles. The first-order chi connectivity index (χ1) is 16.3. The van der Waals surface area contributed by atoms with E-state index in [2.05, 4.69) is 0 Å². The number of hydrogen-bond donors (Lipinski definition) is 1. The lowest BCUT2D eigenvalue weighted by Crippen LogP contribution is -2.29. The van der Waals surface area contributed by atoms with Gasteiger partial charge in [0.15, 0.2) is 16.9 Å². The van der Waals surface area contributed by atoms with Gasteiger partial charge in [-0.05, 0) is 60.4 Å². The summed E-state index contributed by atoms with van der Waals surface area (Å²) in [6, 6.07) is 15.0. The summed E-state index contributed by atoms with van der Waals surface area (Å²) < 4.78 is 11.4. The Kier molecular flexibility index (Phi) is 5.33. The van der Waals surface area contributed by atoms with Crippen molar-refractivity contribution in [1.82, 2.24) is 4.90 Å². The number of fused-ring (bicyclic) bond motifs is 2. The van der Waals surface area contributed by atoms with Crippen LogP contribution in [0.4, 0.5) is 0 Å². The Labute approximate surface area is 201 Å². The fraction of sp³-hybridized carbons (Fsp3) is 0.185. The third kappa shape index (κ3) is 3.42. The van der Waals surface area contributed by atoms with Crippen LogP contribution in [0, 0.1) is 13.8 Å². The predicted octanol–water partition coefficient (Wildman–Crippen LogP) is 5.52. The van der Waals surface area contributed by atoms with E-state index >= 15 is 0 Å². The lowest BCUT2D eigenvalue weighted by Gasteiger charge is -2.26. The maximum absolute atomic E-state index is 13.8. The van der Waals surface area contributed by atoms with Gasteiger partial charge in [0.1, 0.15) is 5.58 Å². The zero-order valence-electron chi connectivity index (χ0n) is 18.9. The van der Waals surface area contributed by atoms with Crippen molar-refractivity contribution in [3.05, 3.63) is 103 Å². The van der Waals surface area contributed by atoms with Gasteiger partial charge in [0, 0.05) is 11.6 Å². The largest absolute Gasteiger partial charge is 0.504 e. The van der Waals surface area contributed by atoms with Crippen LogP contribution < -0.4 is 10.2 Å². The molecule has 0 aliphatic carbocycles. The first kappa shape index (κ1) is 22.0. The quantitative estimate of drug-likeness (QED) is 0.420. The number of methoxy groups -OCH3 is 1. The lowest BCUT2D eigenvalue weighted by molar-refractivity contribution is 0.0714. The van der Waals surface area contributed by atoms with E-state index in [9.17, 15) is 14.7 Å². The van der Waals surface area contributed by atoms with E-state index in [1.165, 1.54) is 13.2 Å². The minimum absolute atomic E-state index is 0.0200. The monoisotopic (exact) mass is 475 g/mol. The molecule has 1 aromatic heterocycles. The Morgan fingerprint density at radius 1 is 1.09 bits per heavy atom. The zero-order valence-corrected chi connectivity index (χ0v) is 19.6. The standard InChI is InChI=1S/C27H22ClNO5/c1-14-10-15(2)22-21(11-14)34-26-23(25(22)31)24(16-8-9-19(30)20(12-16)33-3)29(27(26)32)13-17-6-4-5-7-18(17)28/h4-12,24,30H,13H2,1-3H3. The third-order valence-electron chi connectivity index (χ3n) is 6.23. The van der Waals surface area contributed by atoms with Gasteiger partial charge in [0.2, 0.25) is 5.76 Å². The number of aromatic hydroxyl groups is 1. The van der Waals surface area contributed by atoms with Crippen molar-refractivity contribution in [2.75, 3.05) is 7.11 Å². The number of phenols is 1. The van der Waals surface area contributed by atoms with Crippen LogP contribution in [0.5, 0.6) is 11.5 Å². The van der Waals surface area contributed by atoms with Crippen molar-refractivity contribution >= 4 is 28.5 Å².